The Balaban J connectivity index is 3.58. The van der Waals surface area contributed by atoms with Crippen molar-refractivity contribution in [3.05, 3.63) is 12.3 Å². The fraction of sp³-hybridized carbons (Fsp3) is 0.750. The Morgan fingerprint density at radius 3 is 2.44 bits per heavy atom. The molecule has 0 saturated carbocycles. The minimum Gasteiger partial charge on any atom is -0.378 e. The Morgan fingerprint density at radius 1 is 1.56 bits per heavy atom. The maximum absolute atomic E-state index is 2.22. The van der Waals surface area contributed by atoms with Crippen LogP contribution in [0.25, 0.3) is 0 Å². The van der Waals surface area contributed by atoms with Gasteiger partial charge in [-0.15, -0.1) is 0 Å². The number of nitrogens with zero attached hydrogens (tertiary/aromatic N) is 1. The molecule has 1 atom stereocenters. The van der Waals surface area contributed by atoms with Gasteiger partial charge in [-0.1, -0.05) is 13.0 Å². The number of hydrogen-bond acceptors (Lipinski definition) is 1. The highest BCUT2D eigenvalue weighted by Crippen LogP contribution is 1.99. The second-order valence-corrected chi connectivity index (χ2v) is 2.41. The summed E-state index contributed by atoms with van der Waals surface area (Å²) in [5, 5.41) is 0. The van der Waals surface area contributed by atoms with Crippen LogP contribution in [-0.4, -0.2) is 18.0 Å². The first-order valence-electron chi connectivity index (χ1n) is 3.57. The zero-order valence-corrected chi connectivity index (χ0v) is 6.89. The highest BCUT2D eigenvalue weighted by molar-refractivity contribution is 4.78. The summed E-state index contributed by atoms with van der Waals surface area (Å²) in [7, 11) is 2.11. The van der Waals surface area contributed by atoms with Gasteiger partial charge in [0.1, 0.15) is 0 Å². The molecule has 0 spiro atoms. The van der Waals surface area contributed by atoms with Crippen LogP contribution in [0.4, 0.5) is 0 Å². The smallest absolute Gasteiger partial charge is 0.0250 e. The lowest BCUT2D eigenvalue weighted by atomic mass is 10.2. The molecule has 0 N–H and O–H groups in total. The van der Waals surface area contributed by atoms with Crippen LogP contribution in [-0.2, 0) is 0 Å². The van der Waals surface area contributed by atoms with Crippen LogP contribution < -0.4 is 0 Å². The Morgan fingerprint density at radius 2 is 2.11 bits per heavy atom. The quantitative estimate of drug-likeness (QED) is 0.562. The minimum atomic E-state index is 0.668. The third-order valence-corrected chi connectivity index (χ3v) is 1.67. The van der Waals surface area contributed by atoms with Gasteiger partial charge in [0.2, 0.25) is 0 Å². The highest BCUT2D eigenvalue weighted by Gasteiger charge is 1.98. The second kappa shape index (κ2) is 4.42. The van der Waals surface area contributed by atoms with Crippen LogP contribution in [0.1, 0.15) is 27.2 Å². The summed E-state index contributed by atoms with van der Waals surface area (Å²) in [5.41, 5.74) is 0. The van der Waals surface area contributed by atoms with Gasteiger partial charge in [0.05, 0.1) is 0 Å². The second-order valence-electron chi connectivity index (χ2n) is 2.41. The molecule has 1 unspecified atom stereocenters. The molecule has 54 valence electrons. The Kier molecular flexibility index (Phi) is 4.20. The van der Waals surface area contributed by atoms with Crippen LogP contribution in [0.2, 0.25) is 0 Å². The Bertz CT molecular complexity index is 86.6. The molecule has 0 fully saturated rings. The summed E-state index contributed by atoms with van der Waals surface area (Å²) in [6.45, 7) is 6.46. The number of allylic oxidation sites excluding steroid dienone is 1. The van der Waals surface area contributed by atoms with Crippen LogP contribution in [0.3, 0.4) is 0 Å². The first-order valence-corrected chi connectivity index (χ1v) is 3.57. The van der Waals surface area contributed by atoms with Gasteiger partial charge in [0, 0.05) is 13.1 Å². The van der Waals surface area contributed by atoms with Crippen molar-refractivity contribution in [3.8, 4) is 0 Å². The van der Waals surface area contributed by atoms with E-state index in [0.717, 1.165) is 0 Å². The summed E-state index contributed by atoms with van der Waals surface area (Å²) in [4.78, 5) is 2.22. The van der Waals surface area contributed by atoms with E-state index < -0.39 is 0 Å². The normalized spacial score (nSPS) is 14.2. The molecule has 0 amide bonds. The molecule has 1 nitrogen and oxygen atoms in total. The van der Waals surface area contributed by atoms with E-state index in [1.807, 2.05) is 6.92 Å². The summed E-state index contributed by atoms with van der Waals surface area (Å²) >= 11 is 0. The molecule has 0 radical (unpaired) electrons. The molecule has 0 aliphatic rings. The topological polar surface area (TPSA) is 3.24 Å². The van der Waals surface area contributed by atoms with E-state index in [9.17, 15) is 0 Å². The molecule has 0 bridgehead atoms. The lowest BCUT2D eigenvalue weighted by molar-refractivity contribution is 0.343. The van der Waals surface area contributed by atoms with E-state index in [-0.39, 0.29) is 0 Å². The molecule has 0 aliphatic heterocycles. The summed E-state index contributed by atoms with van der Waals surface area (Å²) in [6.07, 6.45) is 5.38. The van der Waals surface area contributed by atoms with Gasteiger partial charge >= 0.3 is 0 Å². The van der Waals surface area contributed by atoms with Gasteiger partial charge in [-0.2, -0.15) is 0 Å². The van der Waals surface area contributed by atoms with Crippen molar-refractivity contribution in [3.63, 3.8) is 0 Å². The number of rotatable bonds is 3. The van der Waals surface area contributed by atoms with Crippen molar-refractivity contribution in [2.24, 2.45) is 0 Å². The maximum atomic E-state index is 2.22. The molecule has 9 heavy (non-hydrogen) atoms. The monoisotopic (exact) mass is 127 g/mol. The molecule has 1 heteroatoms. The van der Waals surface area contributed by atoms with Crippen molar-refractivity contribution in [1.82, 2.24) is 4.90 Å². The lowest BCUT2D eigenvalue weighted by Crippen LogP contribution is -2.22. The Labute approximate surface area is 58.4 Å². The van der Waals surface area contributed by atoms with E-state index in [2.05, 4.69) is 38.1 Å². The summed E-state index contributed by atoms with van der Waals surface area (Å²) < 4.78 is 0. The molecule has 0 saturated heterocycles. The van der Waals surface area contributed by atoms with Gasteiger partial charge in [0.15, 0.2) is 0 Å². The third-order valence-electron chi connectivity index (χ3n) is 1.67. The predicted molar refractivity (Wildman–Crippen MR) is 42.3 cm³/mol. The standard InChI is InChI=1S/C8H17N/c1-5-7-9(4)8(3)6-2/h5,7-8H,6H2,1-4H3. The highest BCUT2D eigenvalue weighted by atomic mass is 15.1. The van der Waals surface area contributed by atoms with E-state index in [0.29, 0.717) is 6.04 Å². The van der Waals surface area contributed by atoms with Gasteiger partial charge in [0.25, 0.3) is 0 Å². The van der Waals surface area contributed by atoms with Crippen LogP contribution in [0.5, 0.6) is 0 Å². The average Bonchev–Trinajstić information content (AvgIpc) is 1.87. The van der Waals surface area contributed by atoms with Gasteiger partial charge in [-0.3, -0.25) is 0 Å². The van der Waals surface area contributed by atoms with E-state index in [4.69, 9.17) is 0 Å². The molecule has 0 aliphatic carbocycles. The maximum Gasteiger partial charge on any atom is 0.0250 e. The minimum absolute atomic E-state index is 0.668. The van der Waals surface area contributed by atoms with Crippen LogP contribution in [0, 0.1) is 0 Å². The molecular weight excluding hydrogens is 110 g/mol. The van der Waals surface area contributed by atoms with Gasteiger partial charge in [-0.05, 0) is 26.5 Å². The number of hydrogen-bond donors (Lipinski definition) is 0. The predicted octanol–water partition coefficient (Wildman–Crippen LogP) is 2.25. The van der Waals surface area contributed by atoms with Crippen LogP contribution in [0.15, 0.2) is 12.3 Å². The fourth-order valence-corrected chi connectivity index (χ4v) is 0.670. The molecule has 0 aromatic heterocycles. The van der Waals surface area contributed by atoms with Crippen molar-refractivity contribution in [1.29, 1.82) is 0 Å². The van der Waals surface area contributed by atoms with E-state index in [1.54, 1.807) is 0 Å². The molecule has 0 heterocycles. The molecular formula is C8H17N. The first kappa shape index (κ1) is 8.54. The largest absolute Gasteiger partial charge is 0.378 e. The first-order chi connectivity index (χ1) is 4.22. The molecule has 0 rings (SSSR count). The van der Waals surface area contributed by atoms with Crippen molar-refractivity contribution < 1.29 is 0 Å². The van der Waals surface area contributed by atoms with Crippen molar-refractivity contribution in [2.75, 3.05) is 7.05 Å². The van der Waals surface area contributed by atoms with E-state index >= 15 is 0 Å². The summed E-state index contributed by atoms with van der Waals surface area (Å²) in [6, 6.07) is 0.668. The van der Waals surface area contributed by atoms with Gasteiger partial charge in [-0.25, -0.2) is 0 Å². The summed E-state index contributed by atoms with van der Waals surface area (Å²) in [5.74, 6) is 0. The SMILES string of the molecule is CC=CN(C)C(C)CC. The van der Waals surface area contributed by atoms with Gasteiger partial charge < -0.3 is 4.90 Å². The molecule has 0 aromatic rings. The van der Waals surface area contributed by atoms with Crippen LogP contribution >= 0.6 is 0 Å². The van der Waals surface area contributed by atoms with Crippen molar-refractivity contribution >= 4 is 0 Å². The fourth-order valence-electron chi connectivity index (χ4n) is 0.670. The average molecular weight is 127 g/mol. The zero-order chi connectivity index (χ0) is 7.28. The van der Waals surface area contributed by atoms with Crippen molar-refractivity contribution in [2.45, 2.75) is 33.2 Å². The Hall–Kier alpha value is -0.460. The third kappa shape index (κ3) is 3.17. The lowest BCUT2D eigenvalue weighted by Gasteiger charge is -2.20. The molecule has 0 aromatic carbocycles. The van der Waals surface area contributed by atoms with E-state index in [1.165, 1.54) is 6.42 Å². The zero-order valence-electron chi connectivity index (χ0n) is 6.89.